The molecule has 0 saturated heterocycles. The third kappa shape index (κ3) is 2.16. The van der Waals surface area contributed by atoms with Crippen LogP contribution in [-0.4, -0.2) is 21.7 Å². The zero-order chi connectivity index (χ0) is 14.9. The van der Waals surface area contributed by atoms with Crippen LogP contribution in [0.1, 0.15) is 19.8 Å². The second kappa shape index (κ2) is 5.28. The quantitative estimate of drug-likeness (QED) is 0.637. The van der Waals surface area contributed by atoms with Gasteiger partial charge in [-0.05, 0) is 12.1 Å². The average Bonchev–Trinajstić information content (AvgIpc) is 3.16. The van der Waals surface area contributed by atoms with Gasteiger partial charge in [0, 0.05) is 29.3 Å². The number of furan rings is 1. The maximum atomic E-state index is 5.88. The van der Waals surface area contributed by atoms with E-state index in [1.807, 2.05) is 28.8 Å². The minimum absolute atomic E-state index is 0.927. The second-order valence-electron chi connectivity index (χ2n) is 5.59. The van der Waals surface area contributed by atoms with E-state index in [2.05, 4.69) is 48.1 Å². The highest BCUT2D eigenvalue weighted by Gasteiger charge is 2.19. The first-order valence-corrected chi connectivity index (χ1v) is 7.77. The van der Waals surface area contributed by atoms with E-state index in [9.17, 15) is 0 Å². The van der Waals surface area contributed by atoms with Crippen molar-refractivity contribution in [2.45, 2.75) is 19.8 Å². The summed E-state index contributed by atoms with van der Waals surface area (Å²) in [5, 5.41) is 2.31. The van der Waals surface area contributed by atoms with Gasteiger partial charge in [-0.3, -0.25) is 0 Å². The van der Waals surface area contributed by atoms with Crippen molar-refractivity contribution >= 4 is 33.6 Å². The minimum atomic E-state index is 0.927. The van der Waals surface area contributed by atoms with Gasteiger partial charge in [-0.15, -0.1) is 0 Å². The van der Waals surface area contributed by atoms with Crippen molar-refractivity contribution in [3.63, 3.8) is 0 Å². The Morgan fingerprint density at radius 3 is 2.77 bits per heavy atom. The van der Waals surface area contributed by atoms with Gasteiger partial charge in [-0.25, -0.2) is 0 Å². The molecule has 3 nitrogen and oxygen atoms in total. The number of fused-ring (bicyclic) bond motifs is 3. The third-order valence-electron chi connectivity index (χ3n) is 4.02. The number of nitrogens with zero attached hydrogens (tertiary/aromatic N) is 2. The molecule has 3 heteroatoms. The molecule has 1 aliphatic rings. The molecule has 0 atom stereocenters. The Kier molecular flexibility index (Phi) is 3.14. The van der Waals surface area contributed by atoms with Crippen LogP contribution >= 0.6 is 0 Å². The Morgan fingerprint density at radius 2 is 1.86 bits per heavy atom. The normalized spacial score (nSPS) is 13.9. The number of para-hydroxylation sites is 1. The highest BCUT2D eigenvalue weighted by atomic mass is 16.3. The van der Waals surface area contributed by atoms with Gasteiger partial charge in [0.25, 0.3) is 6.20 Å². The smallest absolute Gasteiger partial charge is 0.456 e. The van der Waals surface area contributed by atoms with Crippen molar-refractivity contribution in [3.8, 4) is 0 Å². The molecule has 0 spiro atoms. The van der Waals surface area contributed by atoms with Gasteiger partial charge < -0.3 is 4.42 Å². The monoisotopic (exact) mass is 290 g/mol. The molecule has 0 amide bonds. The third-order valence-corrected chi connectivity index (χ3v) is 4.02. The predicted molar refractivity (Wildman–Crippen MR) is 87.8 cm³/mol. The van der Waals surface area contributed by atoms with E-state index in [-0.39, 0.29) is 0 Å². The van der Waals surface area contributed by atoms with Gasteiger partial charge in [-0.1, -0.05) is 40.7 Å². The Morgan fingerprint density at radius 1 is 1.00 bits per heavy atom. The summed E-state index contributed by atoms with van der Waals surface area (Å²) in [6.07, 6.45) is 6.50. The fraction of sp³-hybridized carbons (Fsp3) is 0.211. The number of hydrogen-bond acceptors (Lipinski definition) is 1. The molecule has 0 aliphatic carbocycles. The molecule has 1 aliphatic heterocycles. The molecule has 2 heterocycles. The standard InChI is InChI=1S/C19H18N2O/c1-2-3-10-20-11-12-21(14-20)15-8-9-19-17(13-15)16-6-4-5-7-18(16)22-19/h4-9,11-13H,2-3,10H2,1H3/q+2. The molecule has 108 valence electrons. The average molecular weight is 290 g/mol. The summed E-state index contributed by atoms with van der Waals surface area (Å²) in [4.78, 5) is 0. The first-order valence-electron chi connectivity index (χ1n) is 7.77. The number of rotatable bonds is 4. The van der Waals surface area contributed by atoms with Crippen LogP contribution in [0.2, 0.25) is 0 Å². The van der Waals surface area contributed by atoms with Crippen LogP contribution in [0, 0.1) is 0 Å². The minimum Gasteiger partial charge on any atom is -0.456 e. The molecular weight excluding hydrogens is 272 g/mol. The molecule has 0 unspecified atom stereocenters. The summed E-state index contributed by atoms with van der Waals surface area (Å²) >= 11 is 0. The molecule has 1 aromatic heterocycles. The molecule has 0 bridgehead atoms. The maximum absolute atomic E-state index is 5.88. The van der Waals surface area contributed by atoms with Crippen molar-refractivity contribution in [3.05, 3.63) is 54.9 Å². The molecule has 0 saturated carbocycles. The first-order chi connectivity index (χ1) is 10.8. The van der Waals surface area contributed by atoms with E-state index < -0.39 is 0 Å². The summed E-state index contributed by atoms with van der Waals surface area (Å²) in [6.45, 7) is 3.22. The fourth-order valence-corrected chi connectivity index (χ4v) is 2.81. The van der Waals surface area contributed by atoms with Gasteiger partial charge >= 0.3 is 6.01 Å². The van der Waals surface area contributed by atoms with E-state index in [0.29, 0.717) is 0 Å². The highest BCUT2D eigenvalue weighted by Crippen LogP contribution is 2.31. The predicted octanol–water partition coefficient (Wildman–Crippen LogP) is 4.70. The van der Waals surface area contributed by atoms with Crippen LogP contribution in [-0.2, 0) is 0 Å². The number of hydrogen-bond donors (Lipinski definition) is 0. The zero-order valence-electron chi connectivity index (χ0n) is 12.6. The SMILES string of the molecule is CCCC[N+]1=C=[N+](c2ccc3oc4ccccc4c3c2)C=C1. The molecule has 4 rings (SSSR count). The van der Waals surface area contributed by atoms with Crippen LogP contribution in [0.4, 0.5) is 5.69 Å². The summed E-state index contributed by atoms with van der Waals surface area (Å²) in [6, 6.07) is 17.8. The lowest BCUT2D eigenvalue weighted by atomic mass is 10.1. The molecule has 22 heavy (non-hydrogen) atoms. The lowest BCUT2D eigenvalue weighted by Gasteiger charge is -1.90. The van der Waals surface area contributed by atoms with Crippen LogP contribution < -0.4 is 0 Å². The van der Waals surface area contributed by atoms with Crippen LogP contribution in [0.5, 0.6) is 0 Å². The van der Waals surface area contributed by atoms with Crippen LogP contribution in [0.3, 0.4) is 0 Å². The molecule has 3 aromatic rings. The van der Waals surface area contributed by atoms with Gasteiger partial charge in [0.05, 0.1) is 0 Å². The lowest BCUT2D eigenvalue weighted by Crippen LogP contribution is -2.02. The molecular formula is C19H18N2O+2. The Labute approximate surface area is 129 Å². The lowest BCUT2D eigenvalue weighted by molar-refractivity contribution is -0.460. The largest absolute Gasteiger partial charge is 0.495 e. The van der Waals surface area contributed by atoms with Crippen molar-refractivity contribution in [2.24, 2.45) is 0 Å². The molecule has 2 aromatic carbocycles. The van der Waals surface area contributed by atoms with E-state index in [4.69, 9.17) is 4.42 Å². The van der Waals surface area contributed by atoms with Gasteiger partial charge in [-0.2, -0.15) is 0 Å². The summed E-state index contributed by atoms with van der Waals surface area (Å²) < 4.78 is 10.0. The van der Waals surface area contributed by atoms with Gasteiger partial charge in [0.15, 0.2) is 6.54 Å². The van der Waals surface area contributed by atoms with Crippen molar-refractivity contribution in [1.29, 1.82) is 0 Å². The Balaban J connectivity index is 1.82. The van der Waals surface area contributed by atoms with Gasteiger partial charge in [0.2, 0.25) is 11.9 Å². The van der Waals surface area contributed by atoms with E-state index in [0.717, 1.165) is 34.2 Å². The number of benzene rings is 2. The van der Waals surface area contributed by atoms with Crippen molar-refractivity contribution < 1.29 is 13.6 Å². The van der Waals surface area contributed by atoms with E-state index in [1.54, 1.807) is 0 Å². The molecule has 0 fully saturated rings. The maximum Gasteiger partial charge on any atom is 0.495 e. The van der Waals surface area contributed by atoms with E-state index in [1.165, 1.54) is 12.8 Å². The summed E-state index contributed by atoms with van der Waals surface area (Å²) in [7, 11) is 0. The first kappa shape index (κ1) is 13.1. The second-order valence-corrected chi connectivity index (χ2v) is 5.59. The molecule has 0 radical (unpaired) electrons. The Bertz CT molecular complexity index is 956. The highest BCUT2D eigenvalue weighted by molar-refractivity contribution is 6.05. The molecule has 0 N–H and O–H groups in total. The summed E-state index contributed by atoms with van der Waals surface area (Å²) in [5.41, 5.74) is 2.97. The van der Waals surface area contributed by atoms with Gasteiger partial charge in [0.1, 0.15) is 11.2 Å². The summed E-state index contributed by atoms with van der Waals surface area (Å²) in [5.74, 6) is 0. The fourth-order valence-electron chi connectivity index (χ4n) is 2.81. The van der Waals surface area contributed by atoms with Crippen LogP contribution in [0.15, 0.2) is 59.3 Å². The zero-order valence-corrected chi connectivity index (χ0v) is 12.6. The topological polar surface area (TPSA) is 19.2 Å². The van der Waals surface area contributed by atoms with Crippen molar-refractivity contribution in [1.82, 2.24) is 0 Å². The van der Waals surface area contributed by atoms with E-state index >= 15 is 0 Å². The Hall–Kier alpha value is -2.64. The number of unbranched alkanes of at least 4 members (excludes halogenated alkanes) is 1. The van der Waals surface area contributed by atoms with Crippen molar-refractivity contribution in [2.75, 3.05) is 6.54 Å². The van der Waals surface area contributed by atoms with Crippen LogP contribution in [0.25, 0.3) is 21.9 Å².